The van der Waals surface area contributed by atoms with Gasteiger partial charge in [-0.2, -0.15) is 0 Å². The monoisotopic (exact) mass is 340 g/mol. The molecule has 0 aliphatic heterocycles. The minimum absolute atomic E-state index is 0.0807. The van der Waals surface area contributed by atoms with Crippen molar-refractivity contribution in [1.29, 1.82) is 0 Å². The fraction of sp³-hybridized carbons (Fsp3) is 0.526. The number of hydrogen-bond donors (Lipinski definition) is 2. The summed E-state index contributed by atoms with van der Waals surface area (Å²) in [6.07, 6.45) is 8.44. The zero-order chi connectivity index (χ0) is 18.0. The average molecular weight is 341 g/mol. The van der Waals surface area contributed by atoms with Gasteiger partial charge in [-0.3, -0.25) is 4.79 Å². The zero-order valence-corrected chi connectivity index (χ0v) is 15.5. The number of carbonyl (C=O) groups is 1. The molecule has 0 amide bonds. The number of rotatable bonds is 9. The molecule has 0 fully saturated rings. The molecule has 0 saturated heterocycles. The maximum absolute atomic E-state index is 12.0. The van der Waals surface area contributed by atoms with Gasteiger partial charge in [-0.15, -0.1) is 0 Å². The number of aliphatic hydroxyl groups is 2. The molecule has 4 heteroatoms. The van der Waals surface area contributed by atoms with Gasteiger partial charge in [-0.05, 0) is 32.1 Å². The van der Waals surface area contributed by atoms with Gasteiger partial charge in [0, 0.05) is 6.08 Å². The maximum Gasteiger partial charge on any atom is 0.192 e. The molecular weight excluding hydrogens is 312 g/mol. The van der Waals surface area contributed by atoms with E-state index < -0.39 is 5.78 Å². The third-order valence-electron chi connectivity index (χ3n) is 3.43. The predicted molar refractivity (Wildman–Crippen MR) is 97.7 cm³/mol. The minimum atomic E-state index is -0.491. The van der Waals surface area contributed by atoms with Crippen LogP contribution in [-0.4, -0.2) is 16.0 Å². The fourth-order valence-corrected chi connectivity index (χ4v) is 2.10. The lowest BCUT2D eigenvalue weighted by Gasteiger charge is -2.09. The molecule has 1 atom stereocenters. The number of allylic oxidation sites excluding steroid dienone is 6. The zero-order valence-electron chi connectivity index (χ0n) is 14.8. The van der Waals surface area contributed by atoms with Crippen molar-refractivity contribution in [3.05, 3.63) is 46.4 Å². The Bertz CT molecular complexity index is 507. The van der Waals surface area contributed by atoms with Crippen molar-refractivity contribution in [1.82, 2.24) is 0 Å². The van der Waals surface area contributed by atoms with Crippen LogP contribution in [0.3, 0.4) is 0 Å². The van der Waals surface area contributed by atoms with Gasteiger partial charge in [0.2, 0.25) is 0 Å². The van der Waals surface area contributed by atoms with E-state index in [4.69, 9.17) is 16.7 Å². The van der Waals surface area contributed by atoms with Gasteiger partial charge >= 0.3 is 0 Å². The molecule has 0 aliphatic carbocycles. The molecule has 0 heterocycles. The second-order valence-electron chi connectivity index (χ2n) is 6.42. The first kappa shape index (κ1) is 21.5. The van der Waals surface area contributed by atoms with E-state index >= 15 is 0 Å². The van der Waals surface area contributed by atoms with E-state index in [-0.39, 0.29) is 22.3 Å². The van der Waals surface area contributed by atoms with Gasteiger partial charge in [-0.25, -0.2) is 0 Å². The molecule has 0 bridgehead atoms. The summed E-state index contributed by atoms with van der Waals surface area (Å²) in [5, 5.41) is 19.1. The third kappa shape index (κ3) is 8.65. The predicted octanol–water partition coefficient (Wildman–Crippen LogP) is 5.99. The standard InChI is InChI=1S/C19H29ClO3/c1-13(2)7-6-8-15(5)9-10-16(17(22)11-12-21)19(23)18(20)14(3)4/h9-13,15,21,23H,6-8H2,1-5H3/b10-9+,12-11?,19-16+. The van der Waals surface area contributed by atoms with Crippen LogP contribution in [0.5, 0.6) is 0 Å². The summed E-state index contributed by atoms with van der Waals surface area (Å²) in [6, 6.07) is 0. The molecule has 2 N–H and O–H groups in total. The topological polar surface area (TPSA) is 57.5 Å². The van der Waals surface area contributed by atoms with Crippen LogP contribution in [0.15, 0.2) is 46.4 Å². The number of ketones is 1. The largest absolute Gasteiger partial charge is 0.515 e. The molecule has 0 rings (SSSR count). The van der Waals surface area contributed by atoms with Crippen molar-refractivity contribution in [3.63, 3.8) is 0 Å². The van der Waals surface area contributed by atoms with Crippen molar-refractivity contribution in [2.24, 2.45) is 11.8 Å². The number of hydrogen-bond acceptors (Lipinski definition) is 3. The lowest BCUT2D eigenvalue weighted by Crippen LogP contribution is -2.03. The molecular formula is C19H29ClO3. The van der Waals surface area contributed by atoms with Gasteiger partial charge in [0.05, 0.1) is 16.9 Å². The number of halogens is 1. The van der Waals surface area contributed by atoms with E-state index in [1.807, 2.05) is 6.08 Å². The summed E-state index contributed by atoms with van der Waals surface area (Å²) in [5.41, 5.74) is 0.790. The Morgan fingerprint density at radius 2 is 1.74 bits per heavy atom. The van der Waals surface area contributed by atoms with Gasteiger partial charge in [0.15, 0.2) is 5.78 Å². The second kappa shape index (κ2) is 11.1. The van der Waals surface area contributed by atoms with Crippen molar-refractivity contribution in [2.45, 2.75) is 53.9 Å². The summed E-state index contributed by atoms with van der Waals surface area (Å²) in [7, 11) is 0. The quantitative estimate of drug-likeness (QED) is 0.308. The van der Waals surface area contributed by atoms with Crippen molar-refractivity contribution >= 4 is 17.4 Å². The first-order chi connectivity index (χ1) is 10.7. The van der Waals surface area contributed by atoms with E-state index in [0.29, 0.717) is 17.8 Å². The highest BCUT2D eigenvalue weighted by atomic mass is 35.5. The SMILES string of the molecule is CC(C)=C(Cl)/C(O)=C(/C=C/C(C)CCCC(C)C)C(=O)C=CO. The van der Waals surface area contributed by atoms with Crippen molar-refractivity contribution in [2.75, 3.05) is 0 Å². The van der Waals surface area contributed by atoms with Crippen LogP contribution in [0.25, 0.3) is 0 Å². The smallest absolute Gasteiger partial charge is 0.192 e. The minimum Gasteiger partial charge on any atom is -0.515 e. The van der Waals surface area contributed by atoms with E-state index in [2.05, 4.69) is 20.8 Å². The molecule has 3 nitrogen and oxygen atoms in total. The first-order valence-electron chi connectivity index (χ1n) is 8.00. The molecule has 0 radical (unpaired) electrons. The van der Waals surface area contributed by atoms with E-state index in [0.717, 1.165) is 18.9 Å². The summed E-state index contributed by atoms with van der Waals surface area (Å²) in [6.45, 7) is 9.96. The Balaban J connectivity index is 5.26. The second-order valence-corrected chi connectivity index (χ2v) is 6.80. The van der Waals surface area contributed by atoms with Crippen LogP contribution in [-0.2, 0) is 4.79 Å². The third-order valence-corrected chi connectivity index (χ3v) is 3.98. The van der Waals surface area contributed by atoms with Crippen LogP contribution < -0.4 is 0 Å². The lowest BCUT2D eigenvalue weighted by atomic mass is 9.98. The summed E-state index contributed by atoms with van der Waals surface area (Å²) >= 11 is 6.04. The summed E-state index contributed by atoms with van der Waals surface area (Å²) in [4.78, 5) is 12.0. The molecule has 23 heavy (non-hydrogen) atoms. The van der Waals surface area contributed by atoms with E-state index in [1.54, 1.807) is 19.9 Å². The Hall–Kier alpha value is -1.48. The van der Waals surface area contributed by atoms with Gasteiger partial charge in [0.1, 0.15) is 5.76 Å². The molecule has 0 aromatic carbocycles. The normalized spacial score (nSPS) is 14.4. The highest BCUT2D eigenvalue weighted by Gasteiger charge is 2.14. The number of carbonyl (C=O) groups excluding carboxylic acids is 1. The molecule has 0 aliphatic rings. The Kier molecular flexibility index (Phi) is 10.4. The molecule has 130 valence electrons. The molecule has 0 spiro atoms. The first-order valence-corrected chi connectivity index (χ1v) is 8.38. The highest BCUT2D eigenvalue weighted by molar-refractivity contribution is 6.32. The maximum atomic E-state index is 12.0. The lowest BCUT2D eigenvalue weighted by molar-refractivity contribution is -0.111. The van der Waals surface area contributed by atoms with Crippen LogP contribution in [0, 0.1) is 11.8 Å². The van der Waals surface area contributed by atoms with Crippen LogP contribution in [0.2, 0.25) is 0 Å². The highest BCUT2D eigenvalue weighted by Crippen LogP contribution is 2.23. The summed E-state index contributed by atoms with van der Waals surface area (Å²) in [5.74, 6) is 0.210. The Morgan fingerprint density at radius 1 is 1.13 bits per heavy atom. The van der Waals surface area contributed by atoms with E-state index in [1.165, 1.54) is 6.42 Å². The van der Waals surface area contributed by atoms with Crippen LogP contribution in [0.1, 0.15) is 53.9 Å². The van der Waals surface area contributed by atoms with Gasteiger partial charge in [0.25, 0.3) is 0 Å². The van der Waals surface area contributed by atoms with Crippen LogP contribution >= 0.6 is 11.6 Å². The van der Waals surface area contributed by atoms with Gasteiger partial charge < -0.3 is 10.2 Å². The van der Waals surface area contributed by atoms with Crippen LogP contribution in [0.4, 0.5) is 0 Å². The number of aliphatic hydroxyl groups excluding tert-OH is 2. The molecule has 0 aromatic heterocycles. The summed E-state index contributed by atoms with van der Waals surface area (Å²) < 4.78 is 0. The van der Waals surface area contributed by atoms with Crippen molar-refractivity contribution < 1.29 is 15.0 Å². The van der Waals surface area contributed by atoms with E-state index in [9.17, 15) is 9.90 Å². The average Bonchev–Trinajstić information content (AvgIpc) is 2.46. The fourth-order valence-electron chi connectivity index (χ4n) is 2.00. The Morgan fingerprint density at radius 3 is 2.22 bits per heavy atom. The Labute approximate surface area is 145 Å². The van der Waals surface area contributed by atoms with Gasteiger partial charge in [-0.1, -0.05) is 62.9 Å². The van der Waals surface area contributed by atoms with Crippen molar-refractivity contribution in [3.8, 4) is 0 Å². The molecule has 0 saturated carbocycles. The molecule has 0 aromatic rings. The molecule has 1 unspecified atom stereocenters.